The van der Waals surface area contributed by atoms with E-state index < -0.39 is 0 Å². The second-order valence-corrected chi connectivity index (χ2v) is 7.68. The van der Waals surface area contributed by atoms with Gasteiger partial charge in [-0.05, 0) is 37.8 Å². The lowest BCUT2D eigenvalue weighted by Crippen LogP contribution is -2.48. The quantitative estimate of drug-likeness (QED) is 0.339. The smallest absolute Gasteiger partial charge is 0.191 e. The molecule has 0 amide bonds. The van der Waals surface area contributed by atoms with Gasteiger partial charge in [0.05, 0.1) is 0 Å². The van der Waals surface area contributed by atoms with Crippen LogP contribution in [0.15, 0.2) is 41.8 Å². The fraction of sp³-hybridized carbons (Fsp3) is 0.571. The Labute approximate surface area is 191 Å². The van der Waals surface area contributed by atoms with E-state index in [1.54, 1.807) is 0 Å². The Morgan fingerprint density at radius 2 is 2.00 bits per heavy atom. The molecule has 3 heterocycles. The second-order valence-electron chi connectivity index (χ2n) is 7.68. The number of rotatable bonds is 7. The predicted molar refractivity (Wildman–Crippen MR) is 130 cm³/mol. The van der Waals surface area contributed by atoms with Gasteiger partial charge in [0.1, 0.15) is 18.2 Å². The van der Waals surface area contributed by atoms with Gasteiger partial charge in [-0.1, -0.05) is 19.9 Å². The highest BCUT2D eigenvalue weighted by molar-refractivity contribution is 14.0. The van der Waals surface area contributed by atoms with Crippen molar-refractivity contribution < 1.29 is 0 Å². The van der Waals surface area contributed by atoms with Crippen LogP contribution in [0.4, 0.5) is 5.82 Å². The molecule has 8 heteroatoms. The molecule has 0 bridgehead atoms. The van der Waals surface area contributed by atoms with Crippen LogP contribution < -0.4 is 15.5 Å². The van der Waals surface area contributed by atoms with Crippen LogP contribution in [0, 0.1) is 5.92 Å². The first-order valence-electron chi connectivity index (χ1n) is 10.4. The number of hydrogen-bond donors (Lipinski definition) is 2. The van der Waals surface area contributed by atoms with Crippen molar-refractivity contribution in [2.45, 2.75) is 52.7 Å². The lowest BCUT2D eigenvalue weighted by molar-refractivity contribution is 0.459. The topological polar surface area (TPSA) is 70.4 Å². The SMILES string of the molecule is CCNC(=NCc1nccn1CC(C)C)NC1CCN(c2ccccn2)CC1.I. The van der Waals surface area contributed by atoms with Crippen molar-refractivity contribution in [2.75, 3.05) is 24.5 Å². The molecular formula is C21H34IN7. The molecule has 29 heavy (non-hydrogen) atoms. The normalized spacial score (nSPS) is 15.3. The van der Waals surface area contributed by atoms with Crippen LogP contribution >= 0.6 is 24.0 Å². The van der Waals surface area contributed by atoms with E-state index in [0.29, 0.717) is 18.5 Å². The minimum atomic E-state index is 0. The van der Waals surface area contributed by atoms with Crippen LogP contribution in [0.25, 0.3) is 0 Å². The molecule has 0 spiro atoms. The fourth-order valence-electron chi connectivity index (χ4n) is 3.51. The standard InChI is InChI=1S/C21H33N7.HI/c1-4-22-21(25-15-20-24-11-14-28(20)16-17(2)3)26-18-8-12-27(13-9-18)19-7-5-6-10-23-19;/h5-7,10-11,14,17-18H,4,8-9,12-13,15-16H2,1-3H3,(H2,22,25,26);1H. The Bertz CT molecular complexity index is 736. The maximum Gasteiger partial charge on any atom is 0.191 e. The molecule has 1 aliphatic rings. The first-order valence-corrected chi connectivity index (χ1v) is 10.4. The Balaban J connectivity index is 0.00000300. The number of hydrogen-bond acceptors (Lipinski definition) is 4. The van der Waals surface area contributed by atoms with Gasteiger partial charge < -0.3 is 20.1 Å². The summed E-state index contributed by atoms with van der Waals surface area (Å²) >= 11 is 0. The van der Waals surface area contributed by atoms with Gasteiger partial charge in [0.15, 0.2) is 5.96 Å². The lowest BCUT2D eigenvalue weighted by Gasteiger charge is -2.33. The first kappa shape index (κ1) is 23.4. The number of nitrogens with one attached hydrogen (secondary N) is 2. The van der Waals surface area contributed by atoms with Gasteiger partial charge in [0.2, 0.25) is 0 Å². The van der Waals surface area contributed by atoms with Crippen LogP contribution in [-0.4, -0.2) is 46.2 Å². The highest BCUT2D eigenvalue weighted by atomic mass is 127. The summed E-state index contributed by atoms with van der Waals surface area (Å²) in [5.41, 5.74) is 0. The third-order valence-electron chi connectivity index (χ3n) is 4.90. The molecule has 1 saturated heterocycles. The van der Waals surface area contributed by atoms with Crippen molar-refractivity contribution in [3.63, 3.8) is 0 Å². The first-order chi connectivity index (χ1) is 13.7. The summed E-state index contributed by atoms with van der Waals surface area (Å²) in [4.78, 5) is 16.1. The van der Waals surface area contributed by atoms with Crippen molar-refractivity contribution in [2.24, 2.45) is 10.9 Å². The average Bonchev–Trinajstić information content (AvgIpc) is 3.14. The fourth-order valence-corrected chi connectivity index (χ4v) is 3.51. The van der Waals surface area contributed by atoms with Gasteiger partial charge in [0, 0.05) is 50.8 Å². The Hall–Kier alpha value is -1.84. The third kappa shape index (κ3) is 7.17. The van der Waals surface area contributed by atoms with E-state index >= 15 is 0 Å². The maximum atomic E-state index is 4.78. The predicted octanol–water partition coefficient (Wildman–Crippen LogP) is 3.28. The zero-order chi connectivity index (χ0) is 19.8. The van der Waals surface area contributed by atoms with E-state index in [9.17, 15) is 0 Å². The molecule has 160 valence electrons. The largest absolute Gasteiger partial charge is 0.357 e. The number of anilines is 1. The van der Waals surface area contributed by atoms with E-state index in [2.05, 4.69) is 56.9 Å². The van der Waals surface area contributed by atoms with Crippen LogP contribution in [0.3, 0.4) is 0 Å². The molecule has 0 aromatic carbocycles. The average molecular weight is 511 g/mol. The molecule has 0 atom stereocenters. The summed E-state index contributed by atoms with van der Waals surface area (Å²) in [6, 6.07) is 6.52. The summed E-state index contributed by atoms with van der Waals surface area (Å²) in [6.45, 7) is 11.0. The molecule has 2 N–H and O–H groups in total. The molecule has 2 aromatic rings. The van der Waals surface area contributed by atoms with Crippen LogP contribution in [-0.2, 0) is 13.1 Å². The van der Waals surface area contributed by atoms with Crippen LogP contribution in [0.2, 0.25) is 0 Å². The van der Waals surface area contributed by atoms with E-state index in [1.807, 2.05) is 30.7 Å². The minimum Gasteiger partial charge on any atom is -0.357 e. The molecule has 0 saturated carbocycles. The monoisotopic (exact) mass is 511 g/mol. The van der Waals surface area contributed by atoms with E-state index in [0.717, 1.165) is 56.6 Å². The number of aliphatic imine (C=N–C) groups is 1. The zero-order valence-electron chi connectivity index (χ0n) is 17.7. The number of pyridine rings is 1. The van der Waals surface area contributed by atoms with Crippen molar-refractivity contribution in [3.05, 3.63) is 42.6 Å². The molecule has 0 radical (unpaired) electrons. The molecule has 3 rings (SSSR count). The Morgan fingerprint density at radius 3 is 2.66 bits per heavy atom. The highest BCUT2D eigenvalue weighted by Gasteiger charge is 2.20. The number of piperidine rings is 1. The summed E-state index contributed by atoms with van der Waals surface area (Å²) < 4.78 is 2.20. The van der Waals surface area contributed by atoms with E-state index in [-0.39, 0.29) is 24.0 Å². The zero-order valence-corrected chi connectivity index (χ0v) is 20.0. The van der Waals surface area contributed by atoms with Crippen molar-refractivity contribution >= 4 is 35.8 Å². The van der Waals surface area contributed by atoms with Gasteiger partial charge in [-0.3, -0.25) is 0 Å². The summed E-state index contributed by atoms with van der Waals surface area (Å²) in [5.74, 6) is 3.54. The van der Waals surface area contributed by atoms with Gasteiger partial charge in [0.25, 0.3) is 0 Å². The van der Waals surface area contributed by atoms with Gasteiger partial charge in [-0.2, -0.15) is 0 Å². The van der Waals surface area contributed by atoms with E-state index in [4.69, 9.17) is 4.99 Å². The molecule has 1 fully saturated rings. The van der Waals surface area contributed by atoms with Crippen LogP contribution in [0.5, 0.6) is 0 Å². The van der Waals surface area contributed by atoms with Crippen molar-refractivity contribution in [3.8, 4) is 0 Å². The van der Waals surface area contributed by atoms with Crippen LogP contribution in [0.1, 0.15) is 39.4 Å². The maximum absolute atomic E-state index is 4.78. The van der Waals surface area contributed by atoms with Gasteiger partial charge in [-0.25, -0.2) is 15.0 Å². The summed E-state index contributed by atoms with van der Waals surface area (Å²) in [6.07, 6.45) is 7.91. The number of guanidine groups is 1. The lowest BCUT2D eigenvalue weighted by atomic mass is 10.1. The third-order valence-corrected chi connectivity index (χ3v) is 4.90. The van der Waals surface area contributed by atoms with Crippen molar-refractivity contribution in [1.82, 2.24) is 25.2 Å². The summed E-state index contributed by atoms with van der Waals surface area (Å²) in [5, 5.41) is 6.98. The van der Waals surface area contributed by atoms with Crippen molar-refractivity contribution in [1.29, 1.82) is 0 Å². The molecule has 0 unspecified atom stereocenters. The molecule has 7 nitrogen and oxygen atoms in total. The second kappa shape index (κ2) is 12.0. The number of halogens is 1. The Kier molecular flexibility index (Phi) is 9.69. The molecule has 0 aliphatic carbocycles. The molecular weight excluding hydrogens is 477 g/mol. The number of imidazole rings is 1. The minimum absolute atomic E-state index is 0. The molecule has 2 aromatic heterocycles. The Morgan fingerprint density at radius 1 is 1.21 bits per heavy atom. The van der Waals surface area contributed by atoms with Gasteiger partial charge >= 0.3 is 0 Å². The van der Waals surface area contributed by atoms with Gasteiger partial charge in [-0.15, -0.1) is 24.0 Å². The highest BCUT2D eigenvalue weighted by Crippen LogP contribution is 2.17. The van der Waals surface area contributed by atoms with E-state index in [1.165, 1.54) is 0 Å². The summed E-state index contributed by atoms with van der Waals surface area (Å²) in [7, 11) is 0. The molecule has 1 aliphatic heterocycles. The number of nitrogens with zero attached hydrogens (tertiary/aromatic N) is 5. The number of aromatic nitrogens is 3.